The molecular formula is C36H53FN2O10. The Morgan fingerprint density at radius 1 is 1.06 bits per heavy atom. The van der Waals surface area contributed by atoms with Gasteiger partial charge in [-0.2, -0.15) is 0 Å². The molecule has 1 aromatic carbocycles. The molecule has 5 rings (SSSR count). The van der Waals surface area contributed by atoms with Crippen molar-refractivity contribution in [2.75, 3.05) is 14.2 Å². The smallest absolute Gasteiger partial charge is 0.408 e. The lowest BCUT2D eigenvalue weighted by Gasteiger charge is -2.48. The minimum Gasteiger partial charge on any atom is -0.457 e. The Bertz CT molecular complexity index is 1400. The molecule has 1 aromatic rings. The van der Waals surface area contributed by atoms with E-state index in [1.54, 1.807) is 47.6 Å². The fraction of sp³-hybridized carbons (Fsp3) is 0.750. The van der Waals surface area contributed by atoms with Crippen LogP contribution in [-0.4, -0.2) is 107 Å². The van der Waals surface area contributed by atoms with Crippen molar-refractivity contribution >= 4 is 17.8 Å². The molecule has 1 aliphatic carbocycles. The lowest BCUT2D eigenvalue weighted by Crippen LogP contribution is -2.60. The van der Waals surface area contributed by atoms with Gasteiger partial charge in [-0.1, -0.05) is 39.8 Å². The number of nitrogens with zero attached hydrogens (tertiary/aromatic N) is 1. The normalized spacial score (nSPS) is 44.7. The molecule has 3 saturated heterocycles. The van der Waals surface area contributed by atoms with Gasteiger partial charge in [0.15, 0.2) is 18.0 Å². The standard InChI is InChI=1S/C36H53FN2O10/c1-17-15-35(7,45-9)30(48-33-28(42)25(13-18(2)46-33)39(8)16-23-11-10-12-24(37)14-23)20(4)27(41)21(5)32(43)47-31-22(6)36(31)29(19(3)26(17)40)38-34(44)49-36/h10-12,14,17-22,25,27-31,33,41-42H,13,15-16H2,1-9H3,(H,38,44)/t17-,18-,19+,20+,21-,22?,25+,27+,28-,29-,30-,31-,33?,35+,36+/m1/s1. The number of aliphatic hydroxyl groups excluding tert-OH is 2. The second-order valence-electron chi connectivity index (χ2n) is 15.2. The first-order chi connectivity index (χ1) is 22.9. The summed E-state index contributed by atoms with van der Waals surface area (Å²) in [4.78, 5) is 42.0. The molecule has 1 amide bonds. The molecule has 3 N–H and O–H groups in total. The van der Waals surface area contributed by atoms with E-state index in [1.807, 2.05) is 24.9 Å². The van der Waals surface area contributed by atoms with Crippen molar-refractivity contribution in [3.63, 3.8) is 0 Å². The largest absolute Gasteiger partial charge is 0.457 e. The molecule has 274 valence electrons. The molecule has 12 nitrogen and oxygen atoms in total. The summed E-state index contributed by atoms with van der Waals surface area (Å²) in [5, 5.41) is 26.2. The lowest BCUT2D eigenvalue weighted by molar-refractivity contribution is -0.302. The van der Waals surface area contributed by atoms with Crippen LogP contribution in [0.5, 0.6) is 0 Å². The number of hydrogen-bond donors (Lipinski definition) is 3. The number of carbonyl (C=O) groups is 3. The Morgan fingerprint density at radius 2 is 1.76 bits per heavy atom. The molecule has 4 aliphatic rings. The zero-order valence-corrected chi connectivity index (χ0v) is 29.9. The van der Waals surface area contributed by atoms with E-state index in [1.165, 1.54) is 19.2 Å². The van der Waals surface area contributed by atoms with E-state index < -0.39 is 89.7 Å². The van der Waals surface area contributed by atoms with E-state index in [2.05, 4.69) is 5.32 Å². The SMILES string of the molecule is CO[C@@]1(C)C[C@@H](C)C(=O)[C@H](C)[C@H]2NC(=O)O[C@@]23C(C)[C@H]3OC(=O)[C@H](C)[C@@H](O)[C@H](C)[C@H]1OC1O[C@H](C)C[C@H](N(C)Cc2cccc(F)c2)[C@H]1O. The van der Waals surface area contributed by atoms with Crippen LogP contribution in [0.2, 0.25) is 0 Å². The van der Waals surface area contributed by atoms with Crippen LogP contribution in [0.15, 0.2) is 24.3 Å². The fourth-order valence-corrected chi connectivity index (χ4v) is 8.56. The van der Waals surface area contributed by atoms with E-state index in [4.69, 9.17) is 23.7 Å². The lowest BCUT2D eigenvalue weighted by atomic mass is 9.75. The van der Waals surface area contributed by atoms with E-state index in [0.717, 1.165) is 5.56 Å². The second kappa shape index (κ2) is 14.1. The highest BCUT2D eigenvalue weighted by atomic mass is 19.1. The minimum atomic E-state index is -1.30. The third kappa shape index (κ3) is 6.99. The van der Waals surface area contributed by atoms with Gasteiger partial charge in [-0.25, -0.2) is 9.18 Å². The first-order valence-corrected chi connectivity index (χ1v) is 17.4. The van der Waals surface area contributed by atoms with Crippen LogP contribution in [0, 0.1) is 35.4 Å². The van der Waals surface area contributed by atoms with E-state index in [9.17, 15) is 29.0 Å². The van der Waals surface area contributed by atoms with Crippen LogP contribution >= 0.6 is 0 Å². The van der Waals surface area contributed by atoms with Gasteiger partial charge < -0.3 is 39.2 Å². The van der Waals surface area contributed by atoms with Gasteiger partial charge in [-0.3, -0.25) is 14.5 Å². The maximum absolute atomic E-state index is 14.0. The van der Waals surface area contributed by atoms with Gasteiger partial charge >= 0.3 is 12.1 Å². The van der Waals surface area contributed by atoms with E-state index in [-0.39, 0.29) is 30.0 Å². The summed E-state index contributed by atoms with van der Waals surface area (Å²) in [5.74, 6) is -4.62. The number of carbonyl (C=O) groups excluding carboxylic acids is 3. The Morgan fingerprint density at radius 3 is 2.41 bits per heavy atom. The van der Waals surface area contributed by atoms with Crippen molar-refractivity contribution in [1.82, 2.24) is 10.2 Å². The number of alkyl carbamates (subject to hydrolysis) is 1. The number of Topliss-reactive ketones (excluding diaryl/α,β-unsaturated/α-hetero) is 1. The Balaban J connectivity index is 1.45. The summed E-state index contributed by atoms with van der Waals surface area (Å²) in [6.45, 7) is 12.6. The molecule has 0 bridgehead atoms. The number of aliphatic hydroxyl groups is 2. The molecule has 0 radical (unpaired) electrons. The number of methoxy groups -OCH3 is 1. The zero-order valence-electron chi connectivity index (χ0n) is 29.9. The predicted molar refractivity (Wildman–Crippen MR) is 174 cm³/mol. The molecule has 2 unspecified atom stereocenters. The Kier molecular flexibility index (Phi) is 10.8. The van der Waals surface area contributed by atoms with Crippen LogP contribution in [0.3, 0.4) is 0 Å². The summed E-state index contributed by atoms with van der Waals surface area (Å²) in [6.07, 6.45) is -5.75. The summed E-state index contributed by atoms with van der Waals surface area (Å²) in [6, 6.07) is 5.14. The van der Waals surface area contributed by atoms with Gasteiger partial charge in [0.1, 0.15) is 17.7 Å². The van der Waals surface area contributed by atoms with Crippen LogP contribution < -0.4 is 5.32 Å². The molecule has 1 saturated carbocycles. The highest BCUT2D eigenvalue weighted by Gasteiger charge is 2.77. The van der Waals surface area contributed by atoms with Crippen molar-refractivity contribution < 1.29 is 52.7 Å². The molecule has 13 heteroatoms. The van der Waals surface area contributed by atoms with Gasteiger partial charge in [0, 0.05) is 43.4 Å². The maximum Gasteiger partial charge on any atom is 0.408 e. The van der Waals surface area contributed by atoms with Crippen molar-refractivity contribution in [2.45, 2.75) is 128 Å². The molecular weight excluding hydrogens is 639 g/mol. The van der Waals surface area contributed by atoms with Crippen molar-refractivity contribution in [2.24, 2.45) is 29.6 Å². The van der Waals surface area contributed by atoms with Crippen molar-refractivity contribution in [3.8, 4) is 0 Å². The van der Waals surface area contributed by atoms with Gasteiger partial charge in [-0.05, 0) is 58.4 Å². The number of likely N-dealkylation sites (N-methyl/N-ethyl adjacent to an activating group) is 1. The molecule has 1 spiro atoms. The minimum absolute atomic E-state index is 0.151. The number of halogens is 1. The third-order valence-corrected chi connectivity index (χ3v) is 11.7. The molecule has 4 fully saturated rings. The first kappa shape index (κ1) is 37.6. The van der Waals surface area contributed by atoms with Crippen LogP contribution in [0.1, 0.15) is 66.9 Å². The second-order valence-corrected chi connectivity index (χ2v) is 15.2. The van der Waals surface area contributed by atoms with Gasteiger partial charge in [0.05, 0.1) is 35.9 Å². The molecule has 3 heterocycles. The predicted octanol–water partition coefficient (Wildman–Crippen LogP) is 3.20. The van der Waals surface area contributed by atoms with Gasteiger partial charge in [-0.15, -0.1) is 0 Å². The first-order valence-electron chi connectivity index (χ1n) is 17.4. The molecule has 15 atom stereocenters. The molecule has 0 aromatic heterocycles. The highest BCUT2D eigenvalue weighted by Crippen LogP contribution is 2.56. The summed E-state index contributed by atoms with van der Waals surface area (Å²) < 4.78 is 44.4. The monoisotopic (exact) mass is 692 g/mol. The van der Waals surface area contributed by atoms with Crippen molar-refractivity contribution in [3.05, 3.63) is 35.6 Å². The van der Waals surface area contributed by atoms with Gasteiger partial charge in [0.25, 0.3) is 0 Å². The highest BCUT2D eigenvalue weighted by molar-refractivity contribution is 5.86. The summed E-state index contributed by atoms with van der Waals surface area (Å²) in [5.41, 5.74) is -1.66. The number of hydrogen-bond acceptors (Lipinski definition) is 11. The van der Waals surface area contributed by atoms with E-state index >= 15 is 0 Å². The topological polar surface area (TPSA) is 153 Å². The quantitative estimate of drug-likeness (QED) is 0.377. The number of amides is 1. The average Bonchev–Trinajstić information content (AvgIpc) is 3.40. The number of ether oxygens (including phenoxy) is 5. The van der Waals surface area contributed by atoms with Crippen molar-refractivity contribution in [1.29, 1.82) is 0 Å². The van der Waals surface area contributed by atoms with Crippen LogP contribution in [0.4, 0.5) is 9.18 Å². The van der Waals surface area contributed by atoms with Crippen LogP contribution in [-0.2, 0) is 39.8 Å². The summed E-state index contributed by atoms with van der Waals surface area (Å²) >= 11 is 0. The Hall–Kier alpha value is -2.68. The maximum atomic E-state index is 14.0. The van der Waals surface area contributed by atoms with Gasteiger partial charge in [0.2, 0.25) is 0 Å². The number of benzene rings is 1. The zero-order chi connectivity index (χ0) is 36.2. The van der Waals surface area contributed by atoms with E-state index in [0.29, 0.717) is 13.0 Å². The number of nitrogens with one attached hydrogen (secondary N) is 1. The van der Waals surface area contributed by atoms with Crippen LogP contribution in [0.25, 0.3) is 0 Å². The average molecular weight is 693 g/mol. The number of ketones is 1. The Labute approximate surface area is 287 Å². The number of rotatable bonds is 6. The molecule has 3 aliphatic heterocycles. The summed E-state index contributed by atoms with van der Waals surface area (Å²) in [7, 11) is 3.33. The molecule has 49 heavy (non-hydrogen) atoms. The fourth-order valence-electron chi connectivity index (χ4n) is 8.56. The third-order valence-electron chi connectivity index (χ3n) is 11.7. The number of esters is 1.